The number of carboxylic acid groups (broad SMARTS) is 1. The first-order chi connectivity index (χ1) is 8.72. The van der Waals surface area contributed by atoms with Crippen LogP contribution in [-0.4, -0.2) is 37.9 Å². The van der Waals surface area contributed by atoms with Crippen molar-refractivity contribution in [3.05, 3.63) is 29.8 Å². The van der Waals surface area contributed by atoms with Crippen molar-refractivity contribution in [3.63, 3.8) is 0 Å². The highest BCUT2D eigenvalue weighted by Crippen LogP contribution is 2.11. The Morgan fingerprint density at radius 2 is 2.00 bits per heavy atom. The Bertz CT molecular complexity index is 356. The van der Waals surface area contributed by atoms with E-state index < -0.39 is 5.97 Å². The number of carbonyl (C=O) groups is 1. The number of nitrogens with one attached hydrogen (secondary N) is 1. The van der Waals surface area contributed by atoms with Crippen LogP contribution in [0.3, 0.4) is 0 Å². The molecule has 0 aromatic heterocycles. The zero-order valence-electron chi connectivity index (χ0n) is 10.9. The van der Waals surface area contributed by atoms with Gasteiger partial charge in [-0.15, -0.1) is 12.4 Å². The molecule has 0 heterocycles. The molecule has 1 aromatic carbocycles. The Labute approximate surface area is 119 Å². The fourth-order valence-electron chi connectivity index (χ4n) is 1.42. The molecule has 0 amide bonds. The monoisotopic (exact) mass is 289 g/mol. The molecule has 0 saturated carbocycles. The summed E-state index contributed by atoms with van der Waals surface area (Å²) in [4.78, 5) is 10.3. The van der Waals surface area contributed by atoms with Crippen LogP contribution in [0, 0.1) is 0 Å². The van der Waals surface area contributed by atoms with Crippen molar-refractivity contribution in [1.29, 1.82) is 0 Å². The molecular weight excluding hydrogens is 270 g/mol. The fraction of sp³-hybridized carbons (Fsp3) is 0.462. The molecule has 6 heteroatoms. The third kappa shape index (κ3) is 8.42. The summed E-state index contributed by atoms with van der Waals surface area (Å²) in [6.07, 6.45) is 0.982. The van der Waals surface area contributed by atoms with Gasteiger partial charge in [0, 0.05) is 20.3 Å². The van der Waals surface area contributed by atoms with Crippen LogP contribution >= 0.6 is 12.4 Å². The maximum atomic E-state index is 10.3. The van der Waals surface area contributed by atoms with Gasteiger partial charge >= 0.3 is 5.97 Å². The molecule has 1 rings (SSSR count). The summed E-state index contributed by atoms with van der Waals surface area (Å²) < 4.78 is 10.00. The summed E-state index contributed by atoms with van der Waals surface area (Å²) in [6, 6.07) is 7.38. The van der Waals surface area contributed by atoms with E-state index in [1.54, 1.807) is 19.2 Å². The van der Waals surface area contributed by atoms with Crippen molar-refractivity contribution in [2.45, 2.75) is 13.0 Å². The minimum absolute atomic E-state index is 0. The van der Waals surface area contributed by atoms with Crippen molar-refractivity contribution in [1.82, 2.24) is 5.32 Å². The summed E-state index contributed by atoms with van der Waals surface area (Å²) in [5.74, 6) is -0.403. The van der Waals surface area contributed by atoms with E-state index in [4.69, 9.17) is 14.6 Å². The lowest BCUT2D eigenvalue weighted by Crippen LogP contribution is -2.16. The standard InChI is InChI=1S/C13H19NO4.ClH/c1-17-8-2-7-14-9-11-3-5-12(6-4-11)18-10-13(15)16;/h3-6,14H,2,7-10H2,1H3,(H,15,16);1H. The average Bonchev–Trinajstić information content (AvgIpc) is 2.37. The number of halogens is 1. The Kier molecular flexibility index (Phi) is 9.88. The largest absolute Gasteiger partial charge is 0.482 e. The second kappa shape index (κ2) is 10.6. The van der Waals surface area contributed by atoms with E-state index in [1.165, 1.54) is 0 Å². The molecule has 0 fully saturated rings. The molecule has 19 heavy (non-hydrogen) atoms. The van der Waals surface area contributed by atoms with Gasteiger partial charge in [-0.2, -0.15) is 0 Å². The molecule has 108 valence electrons. The van der Waals surface area contributed by atoms with E-state index in [9.17, 15) is 4.79 Å². The van der Waals surface area contributed by atoms with Crippen LogP contribution in [0.15, 0.2) is 24.3 Å². The molecule has 0 unspecified atom stereocenters. The van der Waals surface area contributed by atoms with Gasteiger partial charge in [0.1, 0.15) is 5.75 Å². The number of rotatable bonds is 9. The van der Waals surface area contributed by atoms with Crippen LogP contribution in [0.25, 0.3) is 0 Å². The molecule has 2 N–H and O–H groups in total. The van der Waals surface area contributed by atoms with Crippen LogP contribution < -0.4 is 10.1 Å². The highest BCUT2D eigenvalue weighted by molar-refractivity contribution is 5.85. The number of hydrogen-bond acceptors (Lipinski definition) is 4. The van der Waals surface area contributed by atoms with Crippen molar-refractivity contribution in [2.75, 3.05) is 26.9 Å². The number of benzene rings is 1. The molecule has 0 bridgehead atoms. The quantitative estimate of drug-likeness (QED) is 0.677. The zero-order chi connectivity index (χ0) is 13.2. The molecule has 0 radical (unpaired) electrons. The third-order valence-electron chi connectivity index (χ3n) is 2.32. The van der Waals surface area contributed by atoms with Gasteiger partial charge in [-0.3, -0.25) is 0 Å². The molecule has 0 spiro atoms. The minimum Gasteiger partial charge on any atom is -0.482 e. The zero-order valence-corrected chi connectivity index (χ0v) is 11.7. The first-order valence-corrected chi connectivity index (χ1v) is 5.85. The molecule has 0 aliphatic heterocycles. The van der Waals surface area contributed by atoms with E-state index in [1.807, 2.05) is 12.1 Å². The van der Waals surface area contributed by atoms with Crippen LogP contribution in [0.4, 0.5) is 0 Å². The summed E-state index contributed by atoms with van der Waals surface area (Å²) in [5, 5.41) is 11.8. The van der Waals surface area contributed by atoms with Gasteiger partial charge in [0.25, 0.3) is 0 Å². The molecular formula is C13H20ClNO4. The topological polar surface area (TPSA) is 67.8 Å². The number of ether oxygens (including phenoxy) is 2. The number of carboxylic acids is 1. The first kappa shape index (κ1) is 17.7. The maximum absolute atomic E-state index is 10.3. The highest BCUT2D eigenvalue weighted by atomic mass is 35.5. The summed E-state index contributed by atoms with van der Waals surface area (Å²) in [7, 11) is 1.69. The molecule has 0 aliphatic carbocycles. The molecule has 0 saturated heterocycles. The van der Waals surface area contributed by atoms with Crippen LogP contribution in [0.5, 0.6) is 5.75 Å². The maximum Gasteiger partial charge on any atom is 0.341 e. The number of hydrogen-bond donors (Lipinski definition) is 2. The summed E-state index contributed by atoms with van der Waals surface area (Å²) in [6.45, 7) is 2.14. The SMILES string of the molecule is COCCCNCc1ccc(OCC(=O)O)cc1.Cl. The van der Waals surface area contributed by atoms with E-state index in [2.05, 4.69) is 5.32 Å². The van der Waals surface area contributed by atoms with Crippen molar-refractivity contribution in [3.8, 4) is 5.75 Å². The van der Waals surface area contributed by atoms with Gasteiger partial charge in [-0.25, -0.2) is 4.79 Å². The molecule has 1 aromatic rings. The fourth-order valence-corrected chi connectivity index (χ4v) is 1.42. The lowest BCUT2D eigenvalue weighted by molar-refractivity contribution is -0.139. The van der Waals surface area contributed by atoms with Gasteiger partial charge in [0.05, 0.1) is 0 Å². The third-order valence-corrected chi connectivity index (χ3v) is 2.32. The first-order valence-electron chi connectivity index (χ1n) is 5.85. The van der Waals surface area contributed by atoms with Crippen molar-refractivity contribution >= 4 is 18.4 Å². The lowest BCUT2D eigenvalue weighted by Gasteiger charge is -2.06. The highest BCUT2D eigenvalue weighted by Gasteiger charge is 1.99. The van der Waals surface area contributed by atoms with Crippen LogP contribution in [-0.2, 0) is 16.1 Å². The summed E-state index contributed by atoms with van der Waals surface area (Å²) >= 11 is 0. The predicted octanol–water partition coefficient (Wildman–Crippen LogP) is 1.70. The molecule has 5 nitrogen and oxygen atoms in total. The van der Waals surface area contributed by atoms with Crippen molar-refractivity contribution in [2.24, 2.45) is 0 Å². The van der Waals surface area contributed by atoms with Crippen LogP contribution in [0.1, 0.15) is 12.0 Å². The van der Waals surface area contributed by atoms with E-state index in [0.717, 1.165) is 31.7 Å². The predicted molar refractivity (Wildman–Crippen MR) is 75.0 cm³/mol. The Hall–Kier alpha value is -1.30. The van der Waals surface area contributed by atoms with E-state index >= 15 is 0 Å². The number of aliphatic carboxylic acids is 1. The normalized spacial score (nSPS) is 9.74. The van der Waals surface area contributed by atoms with Gasteiger partial charge in [-0.1, -0.05) is 12.1 Å². The van der Waals surface area contributed by atoms with Gasteiger partial charge in [0.15, 0.2) is 6.61 Å². The number of methoxy groups -OCH3 is 1. The smallest absolute Gasteiger partial charge is 0.341 e. The van der Waals surface area contributed by atoms with E-state index in [-0.39, 0.29) is 19.0 Å². The molecule has 0 aliphatic rings. The Morgan fingerprint density at radius 3 is 2.58 bits per heavy atom. The minimum atomic E-state index is -0.973. The van der Waals surface area contributed by atoms with Crippen molar-refractivity contribution < 1.29 is 19.4 Å². The Morgan fingerprint density at radius 1 is 1.32 bits per heavy atom. The van der Waals surface area contributed by atoms with Crippen LogP contribution in [0.2, 0.25) is 0 Å². The van der Waals surface area contributed by atoms with Gasteiger partial charge in [-0.05, 0) is 30.7 Å². The van der Waals surface area contributed by atoms with Gasteiger partial charge in [0.2, 0.25) is 0 Å². The Balaban J connectivity index is 0.00000324. The van der Waals surface area contributed by atoms with E-state index in [0.29, 0.717) is 5.75 Å². The lowest BCUT2D eigenvalue weighted by atomic mass is 10.2. The second-order valence-corrected chi connectivity index (χ2v) is 3.85. The second-order valence-electron chi connectivity index (χ2n) is 3.85. The summed E-state index contributed by atoms with van der Waals surface area (Å²) in [5.41, 5.74) is 1.13. The average molecular weight is 290 g/mol. The van der Waals surface area contributed by atoms with Gasteiger partial charge < -0.3 is 19.9 Å². The molecule has 0 atom stereocenters.